The first kappa shape index (κ1) is 11.7. The molecule has 0 amide bonds. The van der Waals surface area contributed by atoms with E-state index in [-0.39, 0.29) is 0 Å². The molecule has 1 aromatic rings. The Morgan fingerprint density at radius 3 is 2.36 bits per heavy atom. The average Bonchev–Trinajstić information content (AvgIpc) is 2.20. The summed E-state index contributed by atoms with van der Waals surface area (Å²) < 4.78 is 3.58. The standard InChI is InChI=1S/C7H5O2.2C2H5.Pb/c8-7(9)6-4-2-1-3-5-6;2*1-2;/h1-4H,(H,8,9);2*1H2,2H3;. The Bertz CT molecular complexity index is 319. The molecule has 1 rings (SSSR count). The van der Waals surface area contributed by atoms with Crippen LogP contribution in [-0.4, -0.2) is 33.8 Å². The third-order valence-electron chi connectivity index (χ3n) is 2.39. The fourth-order valence-corrected chi connectivity index (χ4v) is 10.0. The van der Waals surface area contributed by atoms with Gasteiger partial charge in [-0.3, -0.25) is 0 Å². The van der Waals surface area contributed by atoms with Gasteiger partial charge in [0.2, 0.25) is 0 Å². The minimum absolute atomic E-state index is 0.540. The third kappa shape index (κ3) is 2.56. The van der Waals surface area contributed by atoms with E-state index in [1.54, 1.807) is 6.07 Å². The number of hydrogen-bond donors (Lipinski definition) is 1. The van der Waals surface area contributed by atoms with Crippen molar-refractivity contribution < 1.29 is 9.90 Å². The molecule has 0 aliphatic carbocycles. The molecule has 0 aliphatic rings. The predicted octanol–water partition coefficient (Wildman–Crippen LogP) is 2.13. The Kier molecular flexibility index (Phi) is 4.58. The van der Waals surface area contributed by atoms with Gasteiger partial charge in [-0.1, -0.05) is 0 Å². The number of carbonyl (C=O) groups is 1. The fraction of sp³-hybridized carbons (Fsp3) is 0.364. The molecule has 0 spiro atoms. The zero-order chi connectivity index (χ0) is 10.6. The first-order chi connectivity index (χ1) is 6.70. The predicted molar refractivity (Wildman–Crippen MR) is 59.8 cm³/mol. The molecular formula is C11H15O2Pb. The second-order valence-electron chi connectivity index (χ2n) is 3.16. The third-order valence-corrected chi connectivity index (χ3v) is 13.7. The average molecular weight is 386 g/mol. The number of carboxylic acids is 1. The van der Waals surface area contributed by atoms with Crippen LogP contribution in [0.1, 0.15) is 24.2 Å². The van der Waals surface area contributed by atoms with Crippen LogP contribution in [-0.2, 0) is 0 Å². The SMILES string of the molecule is C[CH2][Pb]([CH2]C)[c]1ccccc1C(=O)O. The Morgan fingerprint density at radius 1 is 1.29 bits per heavy atom. The summed E-state index contributed by atoms with van der Waals surface area (Å²) in [5, 5.41) is 9.04. The first-order valence-corrected chi connectivity index (χ1v) is 12.3. The topological polar surface area (TPSA) is 37.3 Å². The summed E-state index contributed by atoms with van der Waals surface area (Å²) in [4.78, 5) is 11.0. The normalized spacial score (nSPS) is 10.5. The molecule has 75 valence electrons. The number of carboxylic acid groups (broad SMARTS) is 1. The molecule has 0 atom stereocenters. The van der Waals surface area contributed by atoms with Crippen LogP contribution in [0.2, 0.25) is 7.96 Å². The van der Waals surface area contributed by atoms with Crippen molar-refractivity contribution in [1.82, 2.24) is 0 Å². The zero-order valence-electron chi connectivity index (χ0n) is 8.58. The van der Waals surface area contributed by atoms with Crippen molar-refractivity contribution in [3.8, 4) is 0 Å². The van der Waals surface area contributed by atoms with Gasteiger partial charge >= 0.3 is 93.3 Å². The molecule has 0 saturated heterocycles. The maximum atomic E-state index is 11.0. The number of rotatable bonds is 4. The van der Waals surface area contributed by atoms with Gasteiger partial charge in [0.1, 0.15) is 0 Å². The van der Waals surface area contributed by atoms with Crippen LogP contribution >= 0.6 is 0 Å². The van der Waals surface area contributed by atoms with Gasteiger partial charge in [-0.05, 0) is 0 Å². The molecule has 0 heterocycles. The van der Waals surface area contributed by atoms with Gasteiger partial charge in [0, 0.05) is 0 Å². The van der Waals surface area contributed by atoms with Crippen molar-refractivity contribution in [1.29, 1.82) is 0 Å². The molecule has 2 nitrogen and oxygen atoms in total. The van der Waals surface area contributed by atoms with Gasteiger partial charge in [0.15, 0.2) is 0 Å². The Hall–Kier alpha value is -0.388. The molecule has 0 fully saturated rings. The molecule has 0 saturated carbocycles. The fourth-order valence-electron chi connectivity index (χ4n) is 1.61. The Balaban J connectivity index is 3.11. The number of benzene rings is 1. The van der Waals surface area contributed by atoms with E-state index in [1.807, 2.05) is 18.2 Å². The van der Waals surface area contributed by atoms with Crippen molar-refractivity contribution in [3.63, 3.8) is 0 Å². The van der Waals surface area contributed by atoms with E-state index in [1.165, 1.54) is 11.1 Å². The van der Waals surface area contributed by atoms with Crippen molar-refractivity contribution in [2.24, 2.45) is 0 Å². The van der Waals surface area contributed by atoms with Crippen LogP contribution in [0.4, 0.5) is 0 Å². The second-order valence-corrected chi connectivity index (χ2v) is 15.4. The van der Waals surface area contributed by atoms with Gasteiger partial charge in [-0.25, -0.2) is 0 Å². The molecule has 0 aromatic heterocycles. The molecule has 1 N–H and O–H groups in total. The van der Waals surface area contributed by atoms with E-state index >= 15 is 0 Å². The van der Waals surface area contributed by atoms with E-state index in [0.717, 1.165) is 0 Å². The Labute approximate surface area is 93.1 Å². The van der Waals surface area contributed by atoms with Crippen LogP contribution in [0.3, 0.4) is 0 Å². The van der Waals surface area contributed by atoms with Crippen molar-refractivity contribution in [3.05, 3.63) is 29.8 Å². The van der Waals surface area contributed by atoms with Crippen molar-refractivity contribution in [2.75, 3.05) is 0 Å². The minimum atomic E-state index is -1.77. The van der Waals surface area contributed by atoms with Crippen LogP contribution in [0.25, 0.3) is 0 Å². The molecule has 0 aliphatic heterocycles. The number of aromatic carboxylic acids is 1. The molecule has 3 heteroatoms. The summed E-state index contributed by atoms with van der Waals surface area (Å²) in [6, 6.07) is 7.51. The van der Waals surface area contributed by atoms with Gasteiger partial charge < -0.3 is 0 Å². The summed E-state index contributed by atoms with van der Waals surface area (Å²) in [7, 11) is 0. The van der Waals surface area contributed by atoms with Crippen LogP contribution in [0, 0.1) is 0 Å². The van der Waals surface area contributed by atoms with E-state index in [0.29, 0.717) is 5.56 Å². The number of hydrogen-bond acceptors (Lipinski definition) is 1. The monoisotopic (exact) mass is 387 g/mol. The molecule has 1 radical (unpaired) electrons. The van der Waals surface area contributed by atoms with E-state index in [4.69, 9.17) is 5.11 Å². The summed E-state index contributed by atoms with van der Waals surface area (Å²) in [6.45, 7) is 4.37. The second kappa shape index (κ2) is 5.48. The van der Waals surface area contributed by atoms with Gasteiger partial charge in [-0.2, -0.15) is 0 Å². The maximum absolute atomic E-state index is 11.0. The van der Waals surface area contributed by atoms with Gasteiger partial charge in [-0.15, -0.1) is 0 Å². The van der Waals surface area contributed by atoms with Gasteiger partial charge in [0.05, 0.1) is 0 Å². The zero-order valence-corrected chi connectivity index (χ0v) is 12.5. The van der Waals surface area contributed by atoms with Crippen LogP contribution < -0.4 is 3.12 Å². The van der Waals surface area contributed by atoms with Crippen molar-refractivity contribution in [2.45, 2.75) is 21.8 Å². The summed E-state index contributed by atoms with van der Waals surface area (Å²) in [5.74, 6) is -0.773. The first-order valence-electron chi connectivity index (χ1n) is 4.88. The molecule has 1 aromatic carbocycles. The van der Waals surface area contributed by atoms with Crippen molar-refractivity contribution >= 4 is 31.8 Å². The quantitative estimate of drug-likeness (QED) is 0.805. The van der Waals surface area contributed by atoms with Crippen LogP contribution in [0.5, 0.6) is 0 Å². The van der Waals surface area contributed by atoms with E-state index < -0.39 is 28.7 Å². The summed E-state index contributed by atoms with van der Waals surface area (Å²) in [5.41, 5.74) is 0.540. The molecule has 0 bridgehead atoms. The summed E-state index contributed by atoms with van der Waals surface area (Å²) >= 11 is -1.77. The van der Waals surface area contributed by atoms with E-state index in [2.05, 4.69) is 13.8 Å². The molecule has 14 heavy (non-hydrogen) atoms. The van der Waals surface area contributed by atoms with Crippen LogP contribution in [0.15, 0.2) is 24.3 Å². The Morgan fingerprint density at radius 2 is 1.86 bits per heavy atom. The van der Waals surface area contributed by atoms with E-state index in [9.17, 15) is 4.79 Å². The van der Waals surface area contributed by atoms with Gasteiger partial charge in [0.25, 0.3) is 0 Å². The molecule has 0 unspecified atom stereocenters. The molecular weight excluding hydrogens is 371 g/mol. The summed E-state index contributed by atoms with van der Waals surface area (Å²) in [6.07, 6.45) is 0.